The summed E-state index contributed by atoms with van der Waals surface area (Å²) in [6.45, 7) is 9.24. The molecule has 22 heavy (non-hydrogen) atoms. The Morgan fingerprint density at radius 1 is 1.32 bits per heavy atom. The number of carbonyl (C=O) groups excluding carboxylic acids is 1. The zero-order chi connectivity index (χ0) is 16.3. The van der Waals surface area contributed by atoms with E-state index in [2.05, 4.69) is 5.10 Å². The Bertz CT molecular complexity index is 662. The zero-order valence-electron chi connectivity index (χ0n) is 13.5. The summed E-state index contributed by atoms with van der Waals surface area (Å²) >= 11 is 6.25. The van der Waals surface area contributed by atoms with Crippen LogP contribution in [0.3, 0.4) is 0 Å². The Morgan fingerprint density at radius 3 is 2.55 bits per heavy atom. The molecule has 0 bridgehead atoms. The van der Waals surface area contributed by atoms with Crippen LogP contribution in [0.5, 0.6) is 0 Å². The molecule has 0 radical (unpaired) electrons. The summed E-state index contributed by atoms with van der Waals surface area (Å²) in [5.41, 5.74) is 2.72. The molecule has 0 spiro atoms. The number of aryl methyl sites for hydroxylation is 1. The molecule has 118 valence electrons. The molecule has 0 fully saturated rings. The molecule has 1 unspecified atom stereocenters. The number of amides is 1. The van der Waals surface area contributed by atoms with Gasteiger partial charge in [-0.2, -0.15) is 5.10 Å². The number of nitrogens with zero attached hydrogens (tertiary/aromatic N) is 3. The number of benzene rings is 1. The number of halogens is 1. The van der Waals surface area contributed by atoms with E-state index >= 15 is 0 Å². The van der Waals surface area contributed by atoms with Crippen molar-refractivity contribution in [3.05, 3.63) is 41.0 Å². The highest BCUT2D eigenvalue weighted by Gasteiger charge is 2.22. The molecule has 2 rings (SSSR count). The van der Waals surface area contributed by atoms with Gasteiger partial charge in [-0.05, 0) is 39.3 Å². The molecule has 4 nitrogen and oxygen atoms in total. The highest BCUT2D eigenvalue weighted by molar-refractivity contribution is 6.33. The Hall–Kier alpha value is -1.81. The lowest BCUT2D eigenvalue weighted by atomic mass is 10.1. The standard InChI is InChI=1S/C17H22ClN3O/c1-5-20(6-2)17(22)13(4)21-11-12(3)16(19-21)14-9-7-8-10-15(14)18/h7-11,13H,5-6H2,1-4H3. The normalized spacial score (nSPS) is 12.2. The number of carbonyl (C=O) groups is 1. The van der Waals surface area contributed by atoms with Crippen LogP contribution in [-0.4, -0.2) is 33.7 Å². The van der Waals surface area contributed by atoms with E-state index in [-0.39, 0.29) is 11.9 Å². The van der Waals surface area contributed by atoms with Gasteiger partial charge >= 0.3 is 0 Å². The van der Waals surface area contributed by atoms with Crippen molar-refractivity contribution in [1.29, 1.82) is 0 Å². The maximum Gasteiger partial charge on any atom is 0.247 e. The van der Waals surface area contributed by atoms with E-state index in [9.17, 15) is 4.79 Å². The maximum absolute atomic E-state index is 12.5. The van der Waals surface area contributed by atoms with Crippen molar-refractivity contribution in [2.75, 3.05) is 13.1 Å². The molecule has 0 saturated heterocycles. The summed E-state index contributed by atoms with van der Waals surface area (Å²) in [5, 5.41) is 5.26. The molecule has 1 atom stereocenters. The van der Waals surface area contributed by atoms with Crippen molar-refractivity contribution in [2.45, 2.75) is 33.7 Å². The van der Waals surface area contributed by atoms with Gasteiger partial charge in [0.2, 0.25) is 5.91 Å². The Labute approximate surface area is 136 Å². The Kier molecular flexibility index (Phi) is 5.24. The van der Waals surface area contributed by atoms with E-state index in [4.69, 9.17) is 11.6 Å². The van der Waals surface area contributed by atoms with E-state index in [1.165, 1.54) is 0 Å². The van der Waals surface area contributed by atoms with Crippen LogP contribution in [0.1, 0.15) is 32.4 Å². The van der Waals surface area contributed by atoms with Crippen LogP contribution < -0.4 is 0 Å². The zero-order valence-corrected chi connectivity index (χ0v) is 14.3. The van der Waals surface area contributed by atoms with E-state index in [1.807, 2.05) is 63.1 Å². The number of rotatable bonds is 5. The predicted octanol–water partition coefficient (Wildman–Crippen LogP) is 3.94. The van der Waals surface area contributed by atoms with Crippen molar-refractivity contribution < 1.29 is 4.79 Å². The summed E-state index contributed by atoms with van der Waals surface area (Å²) < 4.78 is 1.73. The average Bonchev–Trinajstić information content (AvgIpc) is 2.90. The first kappa shape index (κ1) is 16.6. The molecule has 1 aromatic heterocycles. The van der Waals surface area contributed by atoms with Crippen LogP contribution in [-0.2, 0) is 4.79 Å². The van der Waals surface area contributed by atoms with Crippen molar-refractivity contribution in [2.24, 2.45) is 0 Å². The lowest BCUT2D eigenvalue weighted by Crippen LogP contribution is -2.36. The van der Waals surface area contributed by atoms with E-state index < -0.39 is 0 Å². The van der Waals surface area contributed by atoms with Gasteiger partial charge in [0.05, 0.1) is 10.7 Å². The van der Waals surface area contributed by atoms with Gasteiger partial charge in [-0.25, -0.2) is 0 Å². The lowest BCUT2D eigenvalue weighted by molar-refractivity contribution is -0.134. The average molecular weight is 320 g/mol. The van der Waals surface area contributed by atoms with Crippen LogP contribution >= 0.6 is 11.6 Å². The molecular weight excluding hydrogens is 298 g/mol. The third-order valence-electron chi connectivity index (χ3n) is 3.87. The van der Waals surface area contributed by atoms with Crippen LogP contribution in [0.15, 0.2) is 30.5 Å². The molecule has 0 aliphatic carbocycles. The molecule has 0 N–H and O–H groups in total. The second-order valence-electron chi connectivity index (χ2n) is 5.31. The third kappa shape index (κ3) is 3.17. The molecule has 1 aromatic carbocycles. The summed E-state index contributed by atoms with van der Waals surface area (Å²) in [4.78, 5) is 14.3. The number of likely N-dealkylation sites (N-methyl/N-ethyl adjacent to an activating group) is 1. The lowest BCUT2D eigenvalue weighted by Gasteiger charge is -2.22. The molecule has 1 amide bonds. The fourth-order valence-corrected chi connectivity index (χ4v) is 2.74. The second-order valence-corrected chi connectivity index (χ2v) is 5.71. The highest BCUT2D eigenvalue weighted by Crippen LogP contribution is 2.29. The number of aromatic nitrogens is 2. The minimum absolute atomic E-state index is 0.0817. The summed E-state index contributed by atoms with van der Waals surface area (Å²) in [5.74, 6) is 0.0817. The van der Waals surface area contributed by atoms with Gasteiger partial charge in [-0.15, -0.1) is 0 Å². The molecule has 0 aliphatic heterocycles. The fourth-order valence-electron chi connectivity index (χ4n) is 2.51. The molecule has 2 aromatic rings. The fraction of sp³-hybridized carbons (Fsp3) is 0.412. The van der Waals surface area contributed by atoms with Crippen molar-refractivity contribution in [1.82, 2.24) is 14.7 Å². The van der Waals surface area contributed by atoms with Crippen LogP contribution in [0.25, 0.3) is 11.3 Å². The number of hydrogen-bond donors (Lipinski definition) is 0. The van der Waals surface area contributed by atoms with Gasteiger partial charge in [0.25, 0.3) is 0 Å². The molecule has 0 aliphatic rings. The van der Waals surface area contributed by atoms with Gasteiger partial charge in [0, 0.05) is 24.8 Å². The predicted molar refractivity (Wildman–Crippen MR) is 90.0 cm³/mol. The summed E-state index contributed by atoms with van der Waals surface area (Å²) in [6.07, 6.45) is 1.91. The van der Waals surface area contributed by atoms with Crippen molar-refractivity contribution in [3.63, 3.8) is 0 Å². The van der Waals surface area contributed by atoms with Crippen molar-refractivity contribution in [3.8, 4) is 11.3 Å². The molecular formula is C17H22ClN3O. The summed E-state index contributed by atoms with van der Waals surface area (Å²) in [6, 6.07) is 7.29. The minimum Gasteiger partial charge on any atom is -0.341 e. The third-order valence-corrected chi connectivity index (χ3v) is 4.20. The van der Waals surface area contributed by atoms with Gasteiger partial charge in [-0.3, -0.25) is 9.48 Å². The second kappa shape index (κ2) is 6.97. The largest absolute Gasteiger partial charge is 0.341 e. The first-order valence-electron chi connectivity index (χ1n) is 7.59. The topological polar surface area (TPSA) is 38.1 Å². The highest BCUT2D eigenvalue weighted by atomic mass is 35.5. The first-order chi connectivity index (χ1) is 10.5. The van der Waals surface area contributed by atoms with Crippen molar-refractivity contribution >= 4 is 17.5 Å². The van der Waals surface area contributed by atoms with Crippen LogP contribution in [0, 0.1) is 6.92 Å². The van der Waals surface area contributed by atoms with Crippen LogP contribution in [0.2, 0.25) is 5.02 Å². The Balaban J connectivity index is 2.34. The van der Waals surface area contributed by atoms with Gasteiger partial charge < -0.3 is 4.90 Å². The maximum atomic E-state index is 12.5. The molecule has 1 heterocycles. The summed E-state index contributed by atoms with van der Waals surface area (Å²) in [7, 11) is 0. The first-order valence-corrected chi connectivity index (χ1v) is 7.96. The van der Waals surface area contributed by atoms with E-state index in [0.29, 0.717) is 18.1 Å². The van der Waals surface area contributed by atoms with Gasteiger partial charge in [0.15, 0.2) is 0 Å². The van der Waals surface area contributed by atoms with E-state index in [0.717, 1.165) is 16.8 Å². The SMILES string of the molecule is CCN(CC)C(=O)C(C)n1cc(C)c(-c2ccccc2Cl)n1. The molecule has 0 saturated carbocycles. The molecule has 5 heteroatoms. The quantitative estimate of drug-likeness (QED) is 0.837. The smallest absolute Gasteiger partial charge is 0.247 e. The van der Waals surface area contributed by atoms with Gasteiger partial charge in [-0.1, -0.05) is 29.8 Å². The minimum atomic E-state index is -0.324. The van der Waals surface area contributed by atoms with E-state index in [1.54, 1.807) is 4.68 Å². The number of hydrogen-bond acceptors (Lipinski definition) is 2. The van der Waals surface area contributed by atoms with Gasteiger partial charge in [0.1, 0.15) is 6.04 Å². The monoisotopic (exact) mass is 319 g/mol. The Morgan fingerprint density at radius 2 is 1.95 bits per heavy atom. The van der Waals surface area contributed by atoms with Crippen LogP contribution in [0.4, 0.5) is 0 Å².